The summed E-state index contributed by atoms with van der Waals surface area (Å²) in [7, 11) is 0. The first-order valence-corrected chi connectivity index (χ1v) is 7.10. The molecule has 0 aliphatic heterocycles. The number of benzene rings is 1. The number of nitrogens with zero attached hydrogens (tertiary/aromatic N) is 2. The quantitative estimate of drug-likeness (QED) is 0.900. The van der Waals surface area contributed by atoms with E-state index >= 15 is 0 Å². The van der Waals surface area contributed by atoms with E-state index in [-0.39, 0.29) is 6.04 Å². The van der Waals surface area contributed by atoms with E-state index in [9.17, 15) is 0 Å². The average Bonchev–Trinajstić information content (AvgIpc) is 2.81. The molecular formula is C14H19N3S. The fraction of sp³-hybridized carbons (Fsp3) is 0.429. The minimum atomic E-state index is 0.00857. The Morgan fingerprint density at radius 2 is 2.00 bits per heavy atom. The van der Waals surface area contributed by atoms with Crippen LogP contribution in [0.4, 0.5) is 0 Å². The van der Waals surface area contributed by atoms with Gasteiger partial charge in [0.25, 0.3) is 0 Å². The van der Waals surface area contributed by atoms with Crippen LogP contribution in [-0.4, -0.2) is 9.59 Å². The van der Waals surface area contributed by atoms with E-state index in [4.69, 9.17) is 5.73 Å². The Kier molecular flexibility index (Phi) is 4.44. The van der Waals surface area contributed by atoms with Gasteiger partial charge in [0.2, 0.25) is 0 Å². The molecule has 0 saturated carbocycles. The summed E-state index contributed by atoms with van der Waals surface area (Å²) in [5, 5.41) is 4.17. The van der Waals surface area contributed by atoms with E-state index in [1.807, 2.05) is 0 Å². The molecule has 0 saturated heterocycles. The van der Waals surface area contributed by atoms with Gasteiger partial charge in [-0.25, -0.2) is 0 Å². The van der Waals surface area contributed by atoms with Gasteiger partial charge in [0.1, 0.15) is 0 Å². The van der Waals surface area contributed by atoms with E-state index in [1.165, 1.54) is 22.7 Å². The molecule has 18 heavy (non-hydrogen) atoms. The molecule has 0 fully saturated rings. The zero-order chi connectivity index (χ0) is 13.0. The van der Waals surface area contributed by atoms with Gasteiger partial charge in [0.05, 0.1) is 10.6 Å². The van der Waals surface area contributed by atoms with Crippen molar-refractivity contribution in [1.82, 2.24) is 9.59 Å². The summed E-state index contributed by atoms with van der Waals surface area (Å²) >= 11 is 1.43. The number of hydrogen-bond donors (Lipinski definition) is 1. The number of nitrogens with two attached hydrogens (primary N) is 1. The van der Waals surface area contributed by atoms with E-state index < -0.39 is 0 Å². The zero-order valence-corrected chi connectivity index (χ0v) is 11.7. The summed E-state index contributed by atoms with van der Waals surface area (Å²) in [6.45, 7) is 4.24. The number of rotatable bonds is 5. The van der Waals surface area contributed by atoms with Gasteiger partial charge in [-0.3, -0.25) is 0 Å². The SMILES string of the molecule is CCCc1nnsc1C(N)Cc1ccc(C)cc1. The van der Waals surface area contributed by atoms with Crippen LogP contribution in [0.2, 0.25) is 0 Å². The highest BCUT2D eigenvalue weighted by Crippen LogP contribution is 2.23. The third kappa shape index (κ3) is 3.15. The first-order chi connectivity index (χ1) is 8.70. The van der Waals surface area contributed by atoms with Gasteiger partial charge in [-0.2, -0.15) is 0 Å². The van der Waals surface area contributed by atoms with Crippen molar-refractivity contribution < 1.29 is 0 Å². The van der Waals surface area contributed by atoms with Crippen LogP contribution in [0.15, 0.2) is 24.3 Å². The Hall–Kier alpha value is -1.26. The minimum Gasteiger partial charge on any atom is -0.323 e. The molecule has 2 rings (SSSR count). The lowest BCUT2D eigenvalue weighted by atomic mass is 10.0. The van der Waals surface area contributed by atoms with Gasteiger partial charge in [0, 0.05) is 6.04 Å². The van der Waals surface area contributed by atoms with Crippen LogP contribution < -0.4 is 5.73 Å². The highest BCUT2D eigenvalue weighted by Gasteiger charge is 2.15. The Labute approximate surface area is 112 Å². The normalized spacial score (nSPS) is 12.6. The molecule has 0 amide bonds. The van der Waals surface area contributed by atoms with Gasteiger partial charge in [0.15, 0.2) is 0 Å². The second-order valence-corrected chi connectivity index (χ2v) is 5.42. The summed E-state index contributed by atoms with van der Waals surface area (Å²) in [5.74, 6) is 0. The molecular weight excluding hydrogens is 242 g/mol. The van der Waals surface area contributed by atoms with Gasteiger partial charge in [-0.15, -0.1) is 5.10 Å². The van der Waals surface area contributed by atoms with Crippen LogP contribution in [0.5, 0.6) is 0 Å². The molecule has 1 aromatic carbocycles. The fourth-order valence-corrected chi connectivity index (χ4v) is 2.67. The van der Waals surface area contributed by atoms with E-state index in [2.05, 4.69) is 47.7 Å². The smallest absolute Gasteiger partial charge is 0.0803 e. The Balaban J connectivity index is 2.09. The maximum Gasteiger partial charge on any atom is 0.0803 e. The third-order valence-corrected chi connectivity index (χ3v) is 3.88. The summed E-state index contributed by atoms with van der Waals surface area (Å²) < 4.78 is 4.03. The lowest BCUT2D eigenvalue weighted by Crippen LogP contribution is -2.13. The van der Waals surface area contributed by atoms with Crippen molar-refractivity contribution in [1.29, 1.82) is 0 Å². The van der Waals surface area contributed by atoms with Crippen LogP contribution in [0.3, 0.4) is 0 Å². The number of aromatic nitrogens is 2. The van der Waals surface area contributed by atoms with Crippen LogP contribution in [0.1, 0.15) is 41.1 Å². The fourth-order valence-electron chi connectivity index (χ4n) is 1.98. The van der Waals surface area contributed by atoms with Crippen LogP contribution in [-0.2, 0) is 12.8 Å². The molecule has 2 N–H and O–H groups in total. The van der Waals surface area contributed by atoms with E-state index in [1.54, 1.807) is 0 Å². The molecule has 1 heterocycles. The summed E-state index contributed by atoms with van der Waals surface area (Å²) in [4.78, 5) is 1.14. The first-order valence-electron chi connectivity index (χ1n) is 6.33. The number of aryl methyl sites for hydroxylation is 2. The van der Waals surface area contributed by atoms with Gasteiger partial charge in [-0.05, 0) is 36.9 Å². The average molecular weight is 261 g/mol. The third-order valence-electron chi connectivity index (χ3n) is 2.98. The standard InChI is InChI=1S/C14H19N3S/c1-3-4-13-14(18-17-16-13)12(15)9-11-7-5-10(2)6-8-11/h5-8,12H,3-4,9,15H2,1-2H3. The van der Waals surface area contributed by atoms with E-state index in [0.717, 1.165) is 29.8 Å². The Morgan fingerprint density at radius 1 is 1.28 bits per heavy atom. The molecule has 1 atom stereocenters. The lowest BCUT2D eigenvalue weighted by Gasteiger charge is -2.10. The molecule has 4 heteroatoms. The van der Waals surface area contributed by atoms with Crippen molar-refractivity contribution in [2.75, 3.05) is 0 Å². The molecule has 0 spiro atoms. The van der Waals surface area contributed by atoms with Gasteiger partial charge in [-0.1, -0.05) is 47.7 Å². The first kappa shape index (κ1) is 13.2. The molecule has 1 unspecified atom stereocenters. The van der Waals surface area contributed by atoms with Crippen molar-refractivity contribution in [2.24, 2.45) is 5.73 Å². The summed E-state index contributed by atoms with van der Waals surface area (Å²) in [6.07, 6.45) is 2.89. The van der Waals surface area contributed by atoms with E-state index in [0.29, 0.717) is 0 Å². The molecule has 2 aromatic rings. The van der Waals surface area contributed by atoms with Crippen molar-refractivity contribution >= 4 is 11.5 Å². The van der Waals surface area contributed by atoms with Crippen LogP contribution in [0.25, 0.3) is 0 Å². The Bertz CT molecular complexity index is 490. The van der Waals surface area contributed by atoms with Gasteiger partial charge >= 0.3 is 0 Å². The Morgan fingerprint density at radius 3 is 2.67 bits per heavy atom. The minimum absolute atomic E-state index is 0.00857. The summed E-state index contributed by atoms with van der Waals surface area (Å²) in [5.41, 5.74) is 9.89. The van der Waals surface area contributed by atoms with Crippen molar-refractivity contribution in [3.8, 4) is 0 Å². The topological polar surface area (TPSA) is 51.8 Å². The zero-order valence-electron chi connectivity index (χ0n) is 10.9. The monoisotopic (exact) mass is 261 g/mol. The maximum atomic E-state index is 6.27. The molecule has 0 radical (unpaired) electrons. The predicted octanol–water partition coefficient (Wildman–Crippen LogP) is 3.04. The second-order valence-electron chi connectivity index (χ2n) is 4.63. The second kappa shape index (κ2) is 6.07. The molecule has 0 aliphatic carbocycles. The number of hydrogen-bond acceptors (Lipinski definition) is 4. The summed E-state index contributed by atoms with van der Waals surface area (Å²) in [6, 6.07) is 8.54. The highest BCUT2D eigenvalue weighted by atomic mass is 32.1. The van der Waals surface area contributed by atoms with Crippen LogP contribution >= 0.6 is 11.5 Å². The molecule has 0 aliphatic rings. The molecule has 3 nitrogen and oxygen atoms in total. The largest absolute Gasteiger partial charge is 0.323 e. The van der Waals surface area contributed by atoms with Gasteiger partial charge < -0.3 is 5.73 Å². The lowest BCUT2D eigenvalue weighted by molar-refractivity contribution is 0.714. The predicted molar refractivity (Wildman–Crippen MR) is 75.7 cm³/mol. The molecule has 0 bridgehead atoms. The van der Waals surface area contributed by atoms with Crippen molar-refractivity contribution in [3.63, 3.8) is 0 Å². The van der Waals surface area contributed by atoms with Crippen LogP contribution in [0, 0.1) is 6.92 Å². The molecule has 96 valence electrons. The maximum absolute atomic E-state index is 6.27. The highest BCUT2D eigenvalue weighted by molar-refractivity contribution is 7.05. The van der Waals surface area contributed by atoms with Crippen molar-refractivity contribution in [3.05, 3.63) is 46.0 Å². The van der Waals surface area contributed by atoms with Crippen molar-refractivity contribution in [2.45, 2.75) is 39.2 Å². The molecule has 1 aromatic heterocycles.